The molecule has 5 heteroatoms. The minimum Gasteiger partial charge on any atom is -0.381 e. The van der Waals surface area contributed by atoms with Crippen LogP contribution in [0.5, 0.6) is 0 Å². The molecule has 4 unspecified atom stereocenters. The van der Waals surface area contributed by atoms with Gasteiger partial charge in [0.25, 0.3) is 0 Å². The van der Waals surface area contributed by atoms with Gasteiger partial charge in [-0.1, -0.05) is 45.7 Å². The second kappa shape index (κ2) is 11.3. The summed E-state index contributed by atoms with van der Waals surface area (Å²) in [5.74, 6) is 0. The predicted octanol–water partition coefficient (Wildman–Crippen LogP) is 5.35. The van der Waals surface area contributed by atoms with E-state index in [1.165, 1.54) is 0 Å². The van der Waals surface area contributed by atoms with Crippen molar-refractivity contribution in [3.05, 3.63) is 0 Å². The Morgan fingerprint density at radius 2 is 1.24 bits per heavy atom. The second-order valence-corrected chi connectivity index (χ2v) is 8.78. The van der Waals surface area contributed by atoms with E-state index in [-0.39, 0.29) is 10.8 Å². The lowest BCUT2D eigenvalue weighted by Crippen LogP contribution is -2.12. The van der Waals surface area contributed by atoms with E-state index in [9.17, 15) is 0 Å². The standard InChI is InChI=1S/C12H22Br2Cl2O/c1-9(13)7-11(15)3-5-17-6-4-12(16)8-10(2)14/h9-12H,3-8H2,1-2H3. The lowest BCUT2D eigenvalue weighted by molar-refractivity contribution is 0.127. The number of halogens is 4. The molecular formula is C12H22Br2Cl2O. The molecular weight excluding hydrogens is 391 g/mol. The van der Waals surface area contributed by atoms with E-state index < -0.39 is 0 Å². The third-order valence-electron chi connectivity index (χ3n) is 2.31. The lowest BCUT2D eigenvalue weighted by atomic mass is 10.2. The van der Waals surface area contributed by atoms with Gasteiger partial charge in [0.15, 0.2) is 0 Å². The molecule has 0 spiro atoms. The van der Waals surface area contributed by atoms with Crippen LogP contribution in [0.4, 0.5) is 0 Å². The Kier molecular flexibility index (Phi) is 12.3. The van der Waals surface area contributed by atoms with E-state index in [4.69, 9.17) is 27.9 Å². The monoisotopic (exact) mass is 410 g/mol. The smallest absolute Gasteiger partial charge is 0.0480 e. The fourth-order valence-electron chi connectivity index (χ4n) is 1.47. The highest BCUT2D eigenvalue weighted by atomic mass is 79.9. The first-order chi connectivity index (χ1) is 7.91. The van der Waals surface area contributed by atoms with Crippen molar-refractivity contribution in [2.24, 2.45) is 0 Å². The zero-order chi connectivity index (χ0) is 13.3. The summed E-state index contributed by atoms with van der Waals surface area (Å²) in [4.78, 5) is 0.940. The van der Waals surface area contributed by atoms with Crippen molar-refractivity contribution >= 4 is 55.1 Å². The highest BCUT2D eigenvalue weighted by Gasteiger charge is 2.10. The molecule has 0 bridgehead atoms. The lowest BCUT2D eigenvalue weighted by Gasteiger charge is -2.13. The van der Waals surface area contributed by atoms with E-state index in [0.29, 0.717) is 9.65 Å². The first-order valence-electron chi connectivity index (χ1n) is 6.05. The topological polar surface area (TPSA) is 9.23 Å². The molecule has 104 valence electrons. The van der Waals surface area contributed by atoms with Gasteiger partial charge >= 0.3 is 0 Å². The molecule has 0 saturated carbocycles. The van der Waals surface area contributed by atoms with Crippen molar-refractivity contribution in [2.75, 3.05) is 13.2 Å². The van der Waals surface area contributed by atoms with E-state index in [1.807, 2.05) is 0 Å². The van der Waals surface area contributed by atoms with Gasteiger partial charge in [0.05, 0.1) is 0 Å². The maximum Gasteiger partial charge on any atom is 0.0480 e. The normalized spacial score (nSPS) is 18.7. The van der Waals surface area contributed by atoms with Crippen molar-refractivity contribution in [3.8, 4) is 0 Å². The van der Waals surface area contributed by atoms with Gasteiger partial charge in [-0.2, -0.15) is 0 Å². The van der Waals surface area contributed by atoms with Crippen molar-refractivity contribution in [2.45, 2.75) is 59.9 Å². The largest absolute Gasteiger partial charge is 0.381 e. The molecule has 0 aromatic rings. The van der Waals surface area contributed by atoms with Crippen LogP contribution in [0.2, 0.25) is 0 Å². The quantitative estimate of drug-likeness (QED) is 0.347. The van der Waals surface area contributed by atoms with Gasteiger partial charge < -0.3 is 4.74 Å². The Balaban J connectivity index is 3.34. The van der Waals surface area contributed by atoms with Gasteiger partial charge in [0.1, 0.15) is 0 Å². The Morgan fingerprint density at radius 1 is 0.882 bits per heavy atom. The van der Waals surface area contributed by atoms with Gasteiger partial charge in [-0.25, -0.2) is 0 Å². The van der Waals surface area contributed by atoms with Crippen LogP contribution in [-0.4, -0.2) is 33.6 Å². The molecule has 0 N–H and O–H groups in total. The van der Waals surface area contributed by atoms with E-state index in [2.05, 4.69) is 45.7 Å². The van der Waals surface area contributed by atoms with Crippen LogP contribution >= 0.6 is 55.1 Å². The van der Waals surface area contributed by atoms with Gasteiger partial charge in [-0.3, -0.25) is 0 Å². The summed E-state index contributed by atoms with van der Waals surface area (Å²) in [5.41, 5.74) is 0. The molecule has 0 radical (unpaired) electrons. The number of alkyl halides is 4. The highest BCUT2D eigenvalue weighted by molar-refractivity contribution is 9.09. The molecule has 0 heterocycles. The third-order valence-corrected chi connectivity index (χ3v) is 3.85. The summed E-state index contributed by atoms with van der Waals surface area (Å²) in [6, 6.07) is 0. The summed E-state index contributed by atoms with van der Waals surface area (Å²) in [5, 5.41) is 0.387. The van der Waals surface area contributed by atoms with Crippen LogP contribution in [-0.2, 0) is 4.74 Å². The van der Waals surface area contributed by atoms with Crippen LogP contribution in [0, 0.1) is 0 Å². The predicted molar refractivity (Wildman–Crippen MR) is 85.3 cm³/mol. The minimum atomic E-state index is 0.193. The molecule has 0 aromatic carbocycles. The Hall–Kier alpha value is 1.50. The van der Waals surface area contributed by atoms with Crippen molar-refractivity contribution in [1.29, 1.82) is 0 Å². The van der Waals surface area contributed by atoms with Crippen molar-refractivity contribution < 1.29 is 4.74 Å². The Labute approximate surface area is 132 Å². The fraction of sp³-hybridized carbons (Fsp3) is 1.00. The van der Waals surface area contributed by atoms with Crippen LogP contribution in [0.1, 0.15) is 39.5 Å². The molecule has 4 atom stereocenters. The van der Waals surface area contributed by atoms with Crippen LogP contribution in [0.3, 0.4) is 0 Å². The molecule has 0 aliphatic heterocycles. The molecule has 1 nitrogen and oxygen atoms in total. The number of rotatable bonds is 10. The van der Waals surface area contributed by atoms with Crippen LogP contribution < -0.4 is 0 Å². The van der Waals surface area contributed by atoms with E-state index >= 15 is 0 Å². The first kappa shape index (κ1) is 18.5. The molecule has 0 aliphatic rings. The van der Waals surface area contributed by atoms with Gasteiger partial charge in [-0.15, -0.1) is 23.2 Å². The molecule has 17 heavy (non-hydrogen) atoms. The van der Waals surface area contributed by atoms with Crippen molar-refractivity contribution in [3.63, 3.8) is 0 Å². The number of ether oxygens (including phenoxy) is 1. The van der Waals surface area contributed by atoms with Crippen LogP contribution in [0.15, 0.2) is 0 Å². The van der Waals surface area contributed by atoms with Gasteiger partial charge in [0.2, 0.25) is 0 Å². The molecule has 0 amide bonds. The summed E-state index contributed by atoms with van der Waals surface area (Å²) >= 11 is 19.3. The minimum absolute atomic E-state index is 0.193. The second-order valence-electron chi connectivity index (χ2n) is 4.42. The molecule has 0 aliphatic carbocycles. The zero-order valence-corrected chi connectivity index (χ0v) is 15.2. The number of hydrogen-bond donors (Lipinski definition) is 0. The third kappa shape index (κ3) is 13.7. The summed E-state index contributed by atoms with van der Waals surface area (Å²) < 4.78 is 5.54. The van der Waals surface area contributed by atoms with Crippen LogP contribution in [0.25, 0.3) is 0 Å². The zero-order valence-electron chi connectivity index (χ0n) is 10.5. The maximum absolute atomic E-state index is 6.14. The molecule has 0 aromatic heterocycles. The first-order valence-corrected chi connectivity index (χ1v) is 8.76. The maximum atomic E-state index is 6.14. The van der Waals surface area contributed by atoms with E-state index in [0.717, 1.165) is 38.9 Å². The average Bonchev–Trinajstić information content (AvgIpc) is 2.14. The SMILES string of the molecule is CC(Br)CC(Cl)CCOCCC(Cl)CC(C)Br. The summed E-state index contributed by atoms with van der Waals surface area (Å²) in [6.07, 6.45) is 3.76. The van der Waals surface area contributed by atoms with Gasteiger partial charge in [0, 0.05) is 33.6 Å². The summed E-state index contributed by atoms with van der Waals surface area (Å²) in [7, 11) is 0. The Bertz CT molecular complexity index is 162. The Morgan fingerprint density at radius 3 is 1.53 bits per heavy atom. The molecule has 0 saturated heterocycles. The molecule has 0 rings (SSSR count). The highest BCUT2D eigenvalue weighted by Crippen LogP contribution is 2.16. The molecule has 0 fully saturated rings. The average molecular weight is 413 g/mol. The van der Waals surface area contributed by atoms with Gasteiger partial charge in [-0.05, 0) is 25.7 Å². The van der Waals surface area contributed by atoms with E-state index in [1.54, 1.807) is 0 Å². The fourth-order valence-corrected chi connectivity index (χ4v) is 3.51. The number of hydrogen-bond acceptors (Lipinski definition) is 1. The van der Waals surface area contributed by atoms with Crippen molar-refractivity contribution in [1.82, 2.24) is 0 Å². The summed E-state index contributed by atoms with van der Waals surface area (Å²) in [6.45, 7) is 5.66.